The zero-order valence-electron chi connectivity index (χ0n) is 32.4. The van der Waals surface area contributed by atoms with Gasteiger partial charge in [-0.1, -0.05) is 19.1 Å². The number of piperidine rings is 1. The summed E-state index contributed by atoms with van der Waals surface area (Å²) in [7, 11) is -3.72. The molecule has 0 bridgehead atoms. The second kappa shape index (κ2) is 20.8. The van der Waals surface area contributed by atoms with Crippen LogP contribution in [0.25, 0.3) is 11.0 Å². The summed E-state index contributed by atoms with van der Waals surface area (Å²) < 4.78 is 71.0. The molecule has 14 nitrogen and oxygen atoms in total. The Morgan fingerprint density at radius 2 is 1.60 bits per heavy atom. The Morgan fingerprint density at radius 1 is 0.895 bits per heavy atom. The summed E-state index contributed by atoms with van der Waals surface area (Å²) in [6.45, 7) is 7.95. The molecule has 1 saturated heterocycles. The highest BCUT2D eigenvalue weighted by atomic mass is 32.2. The molecule has 1 amide bonds. The maximum atomic E-state index is 14.4. The lowest BCUT2D eigenvalue weighted by Gasteiger charge is -2.31. The average Bonchev–Trinajstić information content (AvgIpc) is 4.03. The van der Waals surface area contributed by atoms with Crippen LogP contribution in [0.3, 0.4) is 0 Å². The molecule has 0 radical (unpaired) electrons. The van der Waals surface area contributed by atoms with E-state index in [2.05, 4.69) is 17.1 Å². The lowest BCUT2D eigenvalue weighted by molar-refractivity contribution is -0.00131. The van der Waals surface area contributed by atoms with E-state index >= 15 is 0 Å². The van der Waals surface area contributed by atoms with Crippen LogP contribution in [0.5, 0.6) is 5.88 Å². The molecule has 6 rings (SSSR count). The summed E-state index contributed by atoms with van der Waals surface area (Å²) in [6.07, 6.45) is 3.76. The number of halogens is 1. The number of aromatic nitrogens is 3. The molecule has 0 unspecified atom stereocenters. The van der Waals surface area contributed by atoms with Crippen LogP contribution in [0, 0.1) is 17.1 Å². The van der Waals surface area contributed by atoms with E-state index in [4.69, 9.17) is 38.9 Å². The number of rotatable bonds is 23. The maximum absolute atomic E-state index is 14.4. The van der Waals surface area contributed by atoms with E-state index in [0.29, 0.717) is 113 Å². The predicted molar refractivity (Wildman–Crippen MR) is 210 cm³/mol. The van der Waals surface area contributed by atoms with Gasteiger partial charge in [-0.05, 0) is 81.6 Å². The Kier molecular flexibility index (Phi) is 15.4. The number of nitrogens with one attached hydrogen (secondary N) is 1. The second-order valence-electron chi connectivity index (χ2n) is 14.1. The van der Waals surface area contributed by atoms with Gasteiger partial charge in [0.25, 0.3) is 5.91 Å². The third kappa shape index (κ3) is 11.8. The van der Waals surface area contributed by atoms with Gasteiger partial charge >= 0.3 is 0 Å². The lowest BCUT2D eigenvalue weighted by Crippen LogP contribution is -2.34. The van der Waals surface area contributed by atoms with Crippen LogP contribution < -0.4 is 10.1 Å². The van der Waals surface area contributed by atoms with Crippen molar-refractivity contribution in [2.45, 2.75) is 63.3 Å². The van der Waals surface area contributed by atoms with Crippen LogP contribution in [0.1, 0.15) is 77.9 Å². The van der Waals surface area contributed by atoms with Gasteiger partial charge in [0.1, 0.15) is 18.2 Å². The van der Waals surface area contributed by atoms with Crippen molar-refractivity contribution >= 4 is 27.0 Å². The van der Waals surface area contributed by atoms with E-state index in [-0.39, 0.29) is 30.5 Å². The largest absolute Gasteiger partial charge is 0.473 e. The zero-order valence-corrected chi connectivity index (χ0v) is 33.2. The molecule has 2 aromatic carbocycles. The van der Waals surface area contributed by atoms with E-state index in [0.717, 1.165) is 31.6 Å². The molecule has 1 N–H and O–H groups in total. The Hall–Kier alpha value is -4.50. The minimum absolute atomic E-state index is 0.0113. The number of hydrogen-bond acceptors (Lipinski definition) is 12. The number of carbonyl (C=O) groups excluding carboxylic acids is 1. The molecular formula is C41H51FN6O8S. The van der Waals surface area contributed by atoms with Crippen molar-refractivity contribution in [3.63, 3.8) is 0 Å². The first-order valence-electron chi connectivity index (χ1n) is 19.6. The van der Waals surface area contributed by atoms with Gasteiger partial charge in [-0.3, -0.25) is 9.69 Å². The van der Waals surface area contributed by atoms with Gasteiger partial charge in [0.15, 0.2) is 0 Å². The number of benzene rings is 2. The fourth-order valence-electron chi connectivity index (χ4n) is 6.60. The highest BCUT2D eigenvalue weighted by Crippen LogP contribution is 2.34. The number of hydrogen-bond donors (Lipinski definition) is 1. The number of nitriles is 1. The molecule has 2 aromatic heterocycles. The molecule has 3 heterocycles. The minimum Gasteiger partial charge on any atom is -0.473 e. The van der Waals surface area contributed by atoms with E-state index in [9.17, 15) is 17.6 Å². The Bertz CT molecular complexity index is 2100. The van der Waals surface area contributed by atoms with Crippen LogP contribution in [-0.2, 0) is 42.1 Å². The van der Waals surface area contributed by atoms with Gasteiger partial charge in [-0.25, -0.2) is 26.7 Å². The maximum Gasteiger partial charge on any atom is 0.251 e. The quantitative estimate of drug-likeness (QED) is 0.100. The molecule has 57 heavy (non-hydrogen) atoms. The first-order valence-corrected chi connectivity index (χ1v) is 21.1. The molecule has 1 aliphatic heterocycles. The first kappa shape index (κ1) is 42.1. The number of likely N-dealkylation sites (tertiary alicyclic amines) is 1. The topological polar surface area (TPSA) is 167 Å². The second-order valence-corrected chi connectivity index (χ2v) is 16.2. The smallest absolute Gasteiger partial charge is 0.251 e. The summed E-state index contributed by atoms with van der Waals surface area (Å²) >= 11 is 0. The number of fused-ring (bicyclic) bond motifs is 1. The van der Waals surface area contributed by atoms with Crippen molar-refractivity contribution in [2.24, 2.45) is 0 Å². The standard InChI is InChI=1S/C41H51FN6O8S/c1-2-17-52-19-21-54-23-24-55-22-20-53-18-14-44-41(49)32-8-11-37-38(26-32)48(57(50,51)34-9-10-34)39(45-37)28-47-15-12-31(13-16-47)36-4-3-5-40(46-36)56-29-33-7-6-30(27-43)25-35(33)42/h3-8,11,25-26,31,34H,2,9-10,12-24,28-29H2,1H3,(H,44,49). The molecule has 2 aliphatic rings. The fourth-order valence-corrected chi connectivity index (χ4v) is 8.44. The third-order valence-corrected chi connectivity index (χ3v) is 12.0. The van der Waals surface area contributed by atoms with Crippen molar-refractivity contribution in [1.29, 1.82) is 5.26 Å². The number of nitrogens with zero attached hydrogens (tertiary/aromatic N) is 5. The predicted octanol–water partition coefficient (Wildman–Crippen LogP) is 4.95. The molecule has 16 heteroatoms. The summed E-state index contributed by atoms with van der Waals surface area (Å²) in [5.74, 6) is 0.152. The minimum atomic E-state index is -3.72. The van der Waals surface area contributed by atoms with Crippen LogP contribution in [0.15, 0.2) is 54.6 Å². The summed E-state index contributed by atoms with van der Waals surface area (Å²) in [6, 6.07) is 16.7. The van der Waals surface area contributed by atoms with Gasteiger partial charge in [0, 0.05) is 42.0 Å². The van der Waals surface area contributed by atoms with Crippen molar-refractivity contribution in [2.75, 3.05) is 72.5 Å². The highest BCUT2D eigenvalue weighted by molar-refractivity contribution is 7.91. The van der Waals surface area contributed by atoms with Crippen molar-refractivity contribution in [3.05, 3.63) is 88.6 Å². The van der Waals surface area contributed by atoms with E-state index in [1.54, 1.807) is 30.3 Å². The molecule has 1 saturated carbocycles. The molecule has 306 valence electrons. The summed E-state index contributed by atoms with van der Waals surface area (Å²) in [5, 5.41) is 11.4. The normalized spacial score (nSPS) is 15.2. The van der Waals surface area contributed by atoms with Crippen LogP contribution in [0.4, 0.5) is 4.39 Å². The SMILES string of the molecule is CCCOCCOCCOCCOCCNC(=O)c1ccc2nc(CN3CCC(c4cccc(OCc5ccc(C#N)cc5F)n4)CC3)n(S(=O)(=O)C3CC3)c2c1. The molecule has 0 spiro atoms. The highest BCUT2D eigenvalue weighted by Gasteiger charge is 2.39. The van der Waals surface area contributed by atoms with E-state index in [1.165, 1.54) is 16.1 Å². The zero-order chi connectivity index (χ0) is 40.0. The van der Waals surface area contributed by atoms with Gasteiger partial charge in [-0.15, -0.1) is 0 Å². The molecule has 1 aliphatic carbocycles. The Morgan fingerprint density at radius 3 is 2.26 bits per heavy atom. The first-order chi connectivity index (χ1) is 27.8. The average molecular weight is 807 g/mol. The van der Waals surface area contributed by atoms with Gasteiger partial charge in [-0.2, -0.15) is 5.26 Å². The molecule has 4 aromatic rings. The number of amides is 1. The third-order valence-electron chi connectivity index (χ3n) is 9.81. The monoisotopic (exact) mass is 806 g/mol. The van der Waals surface area contributed by atoms with Crippen molar-refractivity contribution < 1.29 is 41.3 Å². The van der Waals surface area contributed by atoms with Gasteiger partial charge < -0.3 is 29.0 Å². The van der Waals surface area contributed by atoms with Crippen LogP contribution in [0.2, 0.25) is 0 Å². The van der Waals surface area contributed by atoms with Crippen molar-refractivity contribution in [3.8, 4) is 11.9 Å². The van der Waals surface area contributed by atoms with E-state index in [1.807, 2.05) is 18.2 Å². The summed E-state index contributed by atoms with van der Waals surface area (Å²) in [5.41, 5.74) is 2.71. The fraction of sp³-hybridized carbons (Fsp3) is 0.512. The number of carbonyl (C=O) groups is 1. The van der Waals surface area contributed by atoms with Crippen LogP contribution >= 0.6 is 0 Å². The Labute approximate surface area is 333 Å². The molecular weight excluding hydrogens is 756 g/mol. The molecule has 0 atom stereocenters. The summed E-state index contributed by atoms with van der Waals surface area (Å²) in [4.78, 5) is 24.8. The number of pyridine rings is 1. The van der Waals surface area contributed by atoms with Gasteiger partial charge in [0.2, 0.25) is 15.9 Å². The van der Waals surface area contributed by atoms with Crippen molar-refractivity contribution in [1.82, 2.24) is 24.2 Å². The van der Waals surface area contributed by atoms with Gasteiger partial charge in [0.05, 0.1) is 80.7 Å². The van der Waals surface area contributed by atoms with E-state index < -0.39 is 21.1 Å². The number of ether oxygens (including phenoxy) is 5. The molecule has 2 fully saturated rings. The lowest BCUT2D eigenvalue weighted by atomic mass is 9.93. The van der Waals surface area contributed by atoms with Crippen LogP contribution in [-0.4, -0.2) is 111 Å². The Balaban J connectivity index is 0.991. The number of imidazole rings is 1.